The molecule has 1 aromatic carbocycles. The molecule has 0 bridgehead atoms. The van der Waals surface area contributed by atoms with Gasteiger partial charge in [0.05, 0.1) is 12.0 Å². The van der Waals surface area contributed by atoms with Gasteiger partial charge >= 0.3 is 0 Å². The summed E-state index contributed by atoms with van der Waals surface area (Å²) in [5, 5.41) is 2.96. The van der Waals surface area contributed by atoms with E-state index in [1.807, 2.05) is 35.2 Å². The van der Waals surface area contributed by atoms with Gasteiger partial charge in [-0.3, -0.25) is 9.59 Å². The summed E-state index contributed by atoms with van der Waals surface area (Å²) in [7, 11) is 1.64. The fourth-order valence-electron chi connectivity index (χ4n) is 3.82. The highest BCUT2D eigenvalue weighted by Crippen LogP contribution is 2.29. The summed E-state index contributed by atoms with van der Waals surface area (Å²) in [6.45, 7) is 0.992. The number of likely N-dealkylation sites (tertiary alicyclic amines) is 1. The molecule has 1 saturated carbocycles. The van der Waals surface area contributed by atoms with Crippen LogP contribution in [-0.2, 0) is 14.3 Å². The lowest BCUT2D eigenvalue weighted by atomic mass is 10.1. The fraction of sp³-hybridized carbons (Fsp3) is 0.579. The summed E-state index contributed by atoms with van der Waals surface area (Å²) in [4.78, 5) is 26.6. The van der Waals surface area contributed by atoms with Gasteiger partial charge in [-0.15, -0.1) is 0 Å². The number of methoxy groups -OCH3 is 1. The van der Waals surface area contributed by atoms with Crippen molar-refractivity contribution in [1.82, 2.24) is 10.2 Å². The Labute approximate surface area is 143 Å². The number of carbonyl (C=O) groups excluding carboxylic acids is 2. The van der Waals surface area contributed by atoms with Gasteiger partial charge in [0.1, 0.15) is 0 Å². The number of carbonyl (C=O) groups is 2. The van der Waals surface area contributed by atoms with Gasteiger partial charge in [0.25, 0.3) is 0 Å². The molecule has 24 heavy (non-hydrogen) atoms. The molecule has 1 aliphatic heterocycles. The number of hydrogen-bond donors (Lipinski definition) is 1. The average Bonchev–Trinajstić information content (AvgIpc) is 3.25. The van der Waals surface area contributed by atoms with Crippen molar-refractivity contribution in [3.8, 4) is 0 Å². The topological polar surface area (TPSA) is 58.6 Å². The Morgan fingerprint density at radius 1 is 1.29 bits per heavy atom. The molecule has 2 aliphatic rings. The van der Waals surface area contributed by atoms with Crippen molar-refractivity contribution in [2.24, 2.45) is 5.92 Å². The lowest BCUT2D eigenvalue weighted by Gasteiger charge is -2.24. The molecular formula is C19H26N2O3. The van der Waals surface area contributed by atoms with Crippen molar-refractivity contribution < 1.29 is 14.3 Å². The van der Waals surface area contributed by atoms with Crippen LogP contribution >= 0.6 is 0 Å². The summed E-state index contributed by atoms with van der Waals surface area (Å²) in [5.74, 6) is -0.137. The molecule has 0 aromatic heterocycles. The van der Waals surface area contributed by atoms with Crippen molar-refractivity contribution in [3.05, 3.63) is 35.9 Å². The van der Waals surface area contributed by atoms with Gasteiger partial charge in [0, 0.05) is 32.7 Å². The number of nitrogens with one attached hydrogen (secondary N) is 1. The molecule has 5 nitrogen and oxygen atoms in total. The maximum absolute atomic E-state index is 12.5. The zero-order chi connectivity index (χ0) is 16.9. The van der Waals surface area contributed by atoms with Crippen LogP contribution in [0.25, 0.3) is 0 Å². The van der Waals surface area contributed by atoms with Gasteiger partial charge < -0.3 is 15.0 Å². The van der Waals surface area contributed by atoms with E-state index in [-0.39, 0.29) is 23.8 Å². The number of nitrogens with zero attached hydrogens (tertiary/aromatic N) is 1. The average molecular weight is 330 g/mol. The summed E-state index contributed by atoms with van der Waals surface area (Å²) < 4.78 is 5.48. The van der Waals surface area contributed by atoms with E-state index in [0.29, 0.717) is 25.6 Å². The second-order valence-electron chi connectivity index (χ2n) is 6.77. The van der Waals surface area contributed by atoms with Crippen LogP contribution in [0.3, 0.4) is 0 Å². The molecule has 2 unspecified atom stereocenters. The van der Waals surface area contributed by atoms with Crippen molar-refractivity contribution >= 4 is 11.8 Å². The molecule has 1 saturated heterocycles. The molecule has 1 N–H and O–H groups in total. The van der Waals surface area contributed by atoms with Crippen molar-refractivity contribution in [2.75, 3.05) is 20.2 Å². The first kappa shape index (κ1) is 17.0. The van der Waals surface area contributed by atoms with Gasteiger partial charge in [-0.05, 0) is 18.4 Å². The Bertz CT molecular complexity index is 569. The highest BCUT2D eigenvalue weighted by atomic mass is 16.5. The van der Waals surface area contributed by atoms with E-state index in [9.17, 15) is 9.59 Å². The Balaban J connectivity index is 1.52. The number of ether oxygens (including phenoxy) is 1. The van der Waals surface area contributed by atoms with Crippen molar-refractivity contribution in [1.29, 1.82) is 0 Å². The normalized spacial score (nSPS) is 22.8. The van der Waals surface area contributed by atoms with Crippen LogP contribution in [0, 0.1) is 5.92 Å². The number of rotatable bonds is 6. The van der Waals surface area contributed by atoms with Crippen LogP contribution in [0.2, 0.25) is 0 Å². The molecule has 130 valence electrons. The number of hydrogen-bond acceptors (Lipinski definition) is 3. The first-order valence-electron chi connectivity index (χ1n) is 8.84. The molecule has 0 radical (unpaired) electrons. The van der Waals surface area contributed by atoms with Crippen molar-refractivity contribution in [3.63, 3.8) is 0 Å². The van der Waals surface area contributed by atoms with Crippen LogP contribution in [0.4, 0.5) is 0 Å². The molecule has 2 atom stereocenters. The minimum atomic E-state index is -0.230. The van der Waals surface area contributed by atoms with E-state index >= 15 is 0 Å². The molecule has 2 amide bonds. The van der Waals surface area contributed by atoms with Gasteiger partial charge in [0.2, 0.25) is 11.8 Å². The van der Waals surface area contributed by atoms with E-state index in [1.54, 1.807) is 7.11 Å². The van der Waals surface area contributed by atoms with Crippen LogP contribution in [0.15, 0.2) is 30.3 Å². The molecule has 3 rings (SSSR count). The predicted molar refractivity (Wildman–Crippen MR) is 91.3 cm³/mol. The van der Waals surface area contributed by atoms with E-state index < -0.39 is 0 Å². The highest BCUT2D eigenvalue weighted by molar-refractivity contribution is 5.89. The molecule has 2 fully saturated rings. The Kier molecular flexibility index (Phi) is 5.51. The van der Waals surface area contributed by atoms with Gasteiger partial charge in [-0.1, -0.05) is 43.2 Å². The Morgan fingerprint density at radius 2 is 2.00 bits per heavy atom. The van der Waals surface area contributed by atoms with E-state index in [0.717, 1.165) is 18.4 Å². The summed E-state index contributed by atoms with van der Waals surface area (Å²) >= 11 is 0. The highest BCUT2D eigenvalue weighted by Gasteiger charge is 2.38. The van der Waals surface area contributed by atoms with Gasteiger partial charge in [-0.2, -0.15) is 0 Å². The van der Waals surface area contributed by atoms with E-state index in [1.165, 1.54) is 12.8 Å². The molecule has 1 aromatic rings. The second kappa shape index (κ2) is 7.79. The zero-order valence-electron chi connectivity index (χ0n) is 14.2. The maximum atomic E-state index is 12.5. The van der Waals surface area contributed by atoms with Crippen LogP contribution in [-0.4, -0.2) is 43.0 Å². The first-order valence-corrected chi connectivity index (χ1v) is 8.84. The Morgan fingerprint density at radius 3 is 2.67 bits per heavy atom. The number of amides is 2. The molecule has 1 heterocycles. The standard InChI is InChI=1S/C19H26N2O3/c1-24-17(14-7-3-2-4-8-14)12-20-19(23)15-11-18(22)21(13-15)16-9-5-6-10-16/h2-4,7-8,15-17H,5-6,9-13H2,1H3,(H,20,23). The predicted octanol–water partition coefficient (Wildman–Crippen LogP) is 2.28. The molecular weight excluding hydrogens is 304 g/mol. The van der Waals surface area contributed by atoms with E-state index in [4.69, 9.17) is 4.74 Å². The van der Waals surface area contributed by atoms with Gasteiger partial charge in [0.15, 0.2) is 0 Å². The quantitative estimate of drug-likeness (QED) is 0.870. The van der Waals surface area contributed by atoms with E-state index in [2.05, 4.69) is 5.32 Å². The third-order valence-corrected chi connectivity index (χ3v) is 5.21. The third-order valence-electron chi connectivity index (χ3n) is 5.21. The summed E-state index contributed by atoms with van der Waals surface area (Å²) in [6, 6.07) is 10.2. The first-order chi connectivity index (χ1) is 11.7. The maximum Gasteiger partial charge on any atom is 0.225 e. The summed E-state index contributed by atoms with van der Waals surface area (Å²) in [6.07, 6.45) is 4.72. The van der Waals surface area contributed by atoms with Crippen molar-refractivity contribution in [2.45, 2.75) is 44.2 Å². The second-order valence-corrected chi connectivity index (χ2v) is 6.77. The lowest BCUT2D eigenvalue weighted by Crippen LogP contribution is -2.38. The SMILES string of the molecule is COC(CNC(=O)C1CC(=O)N(C2CCCC2)C1)c1ccccc1. The molecule has 1 aliphatic carbocycles. The minimum Gasteiger partial charge on any atom is -0.375 e. The Hall–Kier alpha value is -1.88. The monoisotopic (exact) mass is 330 g/mol. The number of benzene rings is 1. The lowest BCUT2D eigenvalue weighted by molar-refractivity contribution is -0.130. The largest absolute Gasteiger partial charge is 0.375 e. The fourth-order valence-corrected chi connectivity index (χ4v) is 3.82. The third kappa shape index (κ3) is 3.78. The summed E-state index contributed by atoms with van der Waals surface area (Å²) in [5.41, 5.74) is 1.04. The van der Waals surface area contributed by atoms with Crippen LogP contribution < -0.4 is 5.32 Å². The minimum absolute atomic E-state index is 0.0400. The van der Waals surface area contributed by atoms with Gasteiger partial charge in [-0.25, -0.2) is 0 Å². The molecule has 0 spiro atoms. The zero-order valence-corrected chi connectivity index (χ0v) is 14.2. The molecule has 5 heteroatoms. The van der Waals surface area contributed by atoms with Crippen LogP contribution in [0.5, 0.6) is 0 Å². The smallest absolute Gasteiger partial charge is 0.225 e. The van der Waals surface area contributed by atoms with Crippen LogP contribution in [0.1, 0.15) is 43.8 Å².